The van der Waals surface area contributed by atoms with Crippen LogP contribution in [0.25, 0.3) is 0 Å². The second-order valence-electron chi connectivity index (χ2n) is 5.63. The summed E-state index contributed by atoms with van der Waals surface area (Å²) < 4.78 is 7.55. The van der Waals surface area contributed by atoms with Gasteiger partial charge in [0.25, 0.3) is 5.56 Å². The lowest BCUT2D eigenvalue weighted by molar-refractivity contribution is 0.102. The first-order chi connectivity index (χ1) is 11.9. The molecule has 25 heavy (non-hydrogen) atoms. The van der Waals surface area contributed by atoms with Crippen LogP contribution in [0.15, 0.2) is 38.8 Å². The average molecular weight is 359 g/mol. The molecule has 0 bridgehead atoms. The van der Waals surface area contributed by atoms with E-state index in [1.54, 1.807) is 38.4 Å². The summed E-state index contributed by atoms with van der Waals surface area (Å²) in [6, 6.07) is 6.96. The third kappa shape index (κ3) is 3.17. The highest BCUT2D eigenvalue weighted by atomic mass is 32.2. The van der Waals surface area contributed by atoms with Gasteiger partial charge in [0.15, 0.2) is 5.78 Å². The quantitative estimate of drug-likeness (QED) is 0.769. The van der Waals surface area contributed by atoms with Crippen LogP contribution in [0.3, 0.4) is 0 Å². The molecule has 8 heteroatoms. The molecule has 2 heterocycles. The minimum Gasteiger partial charge on any atom is -0.497 e. The molecule has 1 aliphatic heterocycles. The van der Waals surface area contributed by atoms with Crippen molar-refractivity contribution in [1.82, 2.24) is 9.13 Å². The van der Waals surface area contributed by atoms with Crippen molar-refractivity contribution in [3.05, 3.63) is 56.2 Å². The smallest absolute Gasteiger partial charge is 0.332 e. The number of benzene rings is 1. The zero-order chi connectivity index (χ0) is 18.1. The predicted octanol–water partition coefficient (Wildman–Crippen LogP) is 1.29. The third-order valence-electron chi connectivity index (χ3n) is 4.04. The van der Waals surface area contributed by atoms with Crippen molar-refractivity contribution in [2.75, 3.05) is 12.9 Å². The van der Waals surface area contributed by atoms with Crippen LogP contribution in [0.5, 0.6) is 5.75 Å². The molecule has 0 amide bonds. The van der Waals surface area contributed by atoms with E-state index < -0.39 is 5.69 Å². The van der Waals surface area contributed by atoms with Crippen molar-refractivity contribution in [3.8, 4) is 5.75 Å². The fraction of sp³-hybridized carbons (Fsp3) is 0.294. The molecule has 1 aliphatic rings. The van der Waals surface area contributed by atoms with Crippen molar-refractivity contribution >= 4 is 28.4 Å². The number of methoxy groups -OCH3 is 1. The first kappa shape index (κ1) is 17.2. The molecule has 1 aromatic heterocycles. The molecule has 130 valence electrons. The molecule has 0 spiro atoms. The second kappa shape index (κ2) is 6.72. The second-order valence-corrected chi connectivity index (χ2v) is 6.68. The number of rotatable bonds is 4. The lowest BCUT2D eigenvalue weighted by Gasteiger charge is -2.05. The number of thioether (sulfide) groups is 1. The van der Waals surface area contributed by atoms with Crippen LogP contribution in [0.4, 0.5) is 5.82 Å². The molecule has 0 atom stereocenters. The van der Waals surface area contributed by atoms with Crippen molar-refractivity contribution in [2.45, 2.75) is 6.42 Å². The largest absolute Gasteiger partial charge is 0.497 e. The molecule has 0 aliphatic carbocycles. The Morgan fingerprint density at radius 2 is 2.04 bits per heavy atom. The standard InChI is InChI=1S/C17H17N3O4S/c1-19-15-12(16(22)20(2)17(19)23)8-14(18-15)25-9-13(21)10-5-4-6-11(7-10)24-3/h4-7H,8-9H2,1-3H3. The Kier molecular flexibility index (Phi) is 4.63. The highest BCUT2D eigenvalue weighted by Crippen LogP contribution is 2.26. The summed E-state index contributed by atoms with van der Waals surface area (Å²) in [5.74, 6) is 1.16. The van der Waals surface area contributed by atoms with Gasteiger partial charge in [0.1, 0.15) is 11.6 Å². The number of carbonyl (C=O) groups is 1. The molecule has 0 saturated heterocycles. The molecule has 0 fully saturated rings. The van der Waals surface area contributed by atoms with Crippen LogP contribution in [-0.4, -0.2) is 32.8 Å². The molecular weight excluding hydrogens is 342 g/mol. The van der Waals surface area contributed by atoms with Crippen LogP contribution in [-0.2, 0) is 20.5 Å². The molecule has 0 saturated carbocycles. The van der Waals surface area contributed by atoms with Gasteiger partial charge in [-0.1, -0.05) is 12.1 Å². The number of carbonyl (C=O) groups excluding carboxylic acids is 1. The van der Waals surface area contributed by atoms with E-state index in [0.29, 0.717) is 34.2 Å². The molecule has 0 N–H and O–H groups in total. The minimum atomic E-state index is -0.411. The number of hydrogen-bond donors (Lipinski definition) is 0. The van der Waals surface area contributed by atoms with Gasteiger partial charge in [-0.2, -0.15) is 0 Å². The van der Waals surface area contributed by atoms with Gasteiger partial charge in [0, 0.05) is 26.1 Å². The Morgan fingerprint density at radius 3 is 2.76 bits per heavy atom. The van der Waals surface area contributed by atoms with Crippen LogP contribution in [0.1, 0.15) is 15.9 Å². The Hall–Kier alpha value is -2.61. The fourth-order valence-corrected chi connectivity index (χ4v) is 3.48. The maximum atomic E-state index is 12.3. The predicted molar refractivity (Wildman–Crippen MR) is 97.5 cm³/mol. The number of aliphatic imine (C=N–C) groups is 1. The number of ether oxygens (including phenoxy) is 1. The maximum absolute atomic E-state index is 12.3. The topological polar surface area (TPSA) is 82.7 Å². The number of Topliss-reactive ketones (excluding diaryl/α,β-unsaturated/α-hetero) is 1. The van der Waals surface area contributed by atoms with E-state index in [-0.39, 0.29) is 17.1 Å². The summed E-state index contributed by atoms with van der Waals surface area (Å²) in [5.41, 5.74) is 0.301. The van der Waals surface area contributed by atoms with Gasteiger partial charge in [-0.3, -0.25) is 18.7 Å². The molecule has 7 nitrogen and oxygen atoms in total. The number of aromatic nitrogens is 2. The number of ketones is 1. The van der Waals surface area contributed by atoms with Gasteiger partial charge >= 0.3 is 5.69 Å². The molecule has 3 rings (SSSR count). The van der Waals surface area contributed by atoms with Gasteiger partial charge in [-0.05, 0) is 12.1 Å². The van der Waals surface area contributed by atoms with E-state index in [1.807, 2.05) is 0 Å². The van der Waals surface area contributed by atoms with Crippen molar-refractivity contribution in [3.63, 3.8) is 0 Å². The monoisotopic (exact) mass is 359 g/mol. The van der Waals surface area contributed by atoms with Crippen molar-refractivity contribution in [2.24, 2.45) is 19.1 Å². The van der Waals surface area contributed by atoms with Gasteiger partial charge in [-0.25, -0.2) is 9.79 Å². The highest BCUT2D eigenvalue weighted by molar-refractivity contribution is 8.14. The normalized spacial score (nSPS) is 12.7. The summed E-state index contributed by atoms with van der Waals surface area (Å²) in [5, 5.41) is 0.657. The van der Waals surface area contributed by atoms with Crippen LogP contribution in [0.2, 0.25) is 0 Å². The minimum absolute atomic E-state index is 0.0515. The summed E-state index contributed by atoms with van der Waals surface area (Å²) in [7, 11) is 4.58. The van der Waals surface area contributed by atoms with Gasteiger partial charge in [-0.15, -0.1) is 11.8 Å². The van der Waals surface area contributed by atoms with Crippen LogP contribution < -0.4 is 16.0 Å². The van der Waals surface area contributed by atoms with Gasteiger partial charge in [0.2, 0.25) is 0 Å². The molecular formula is C17H17N3O4S. The van der Waals surface area contributed by atoms with Crippen LogP contribution in [0, 0.1) is 0 Å². The van der Waals surface area contributed by atoms with E-state index in [2.05, 4.69) is 4.99 Å². The van der Waals surface area contributed by atoms with Crippen LogP contribution >= 0.6 is 11.8 Å². The zero-order valence-corrected chi connectivity index (χ0v) is 14.9. The molecule has 0 unspecified atom stereocenters. The van der Waals surface area contributed by atoms with Crippen molar-refractivity contribution < 1.29 is 9.53 Å². The van der Waals surface area contributed by atoms with Gasteiger partial charge in [0.05, 0.1) is 23.5 Å². The Bertz CT molecular complexity index is 1000. The first-order valence-electron chi connectivity index (χ1n) is 7.59. The Morgan fingerprint density at radius 1 is 1.28 bits per heavy atom. The SMILES string of the molecule is COc1cccc(C(=O)CSC2=Nc3c(c(=O)n(C)c(=O)n3C)C2)c1. The number of fused-ring (bicyclic) bond motifs is 1. The Labute approximate surface area is 148 Å². The summed E-state index contributed by atoms with van der Waals surface area (Å²) in [6.45, 7) is 0. The van der Waals surface area contributed by atoms with Crippen molar-refractivity contribution in [1.29, 1.82) is 0 Å². The Balaban J connectivity index is 1.76. The lowest BCUT2D eigenvalue weighted by Crippen LogP contribution is -2.38. The lowest BCUT2D eigenvalue weighted by atomic mass is 10.1. The van der Waals surface area contributed by atoms with E-state index in [1.165, 1.54) is 23.4 Å². The summed E-state index contributed by atoms with van der Waals surface area (Å²) >= 11 is 1.28. The van der Waals surface area contributed by atoms with Gasteiger partial charge < -0.3 is 4.74 Å². The molecule has 0 radical (unpaired) electrons. The summed E-state index contributed by atoms with van der Waals surface area (Å²) in [6.07, 6.45) is 0.339. The summed E-state index contributed by atoms with van der Waals surface area (Å²) in [4.78, 5) is 40.8. The third-order valence-corrected chi connectivity index (χ3v) is 5.02. The number of nitrogens with zero attached hydrogens (tertiary/aromatic N) is 3. The highest BCUT2D eigenvalue weighted by Gasteiger charge is 2.23. The maximum Gasteiger partial charge on any atom is 0.332 e. The number of hydrogen-bond acceptors (Lipinski definition) is 6. The molecule has 2 aromatic rings. The zero-order valence-electron chi connectivity index (χ0n) is 14.1. The fourth-order valence-electron chi connectivity index (χ4n) is 2.62. The first-order valence-corrected chi connectivity index (χ1v) is 8.57. The van der Waals surface area contributed by atoms with E-state index in [0.717, 1.165) is 4.57 Å². The average Bonchev–Trinajstić information content (AvgIpc) is 3.07. The van der Waals surface area contributed by atoms with E-state index >= 15 is 0 Å². The van der Waals surface area contributed by atoms with E-state index in [4.69, 9.17) is 4.74 Å². The van der Waals surface area contributed by atoms with E-state index in [9.17, 15) is 14.4 Å². The molecule has 1 aromatic carbocycles.